The number of fused-ring (bicyclic) bond motifs is 1. The Hall–Kier alpha value is -3.19. The minimum absolute atomic E-state index is 0.0170. The Labute approximate surface area is 163 Å². The zero-order valence-electron chi connectivity index (χ0n) is 15.5. The lowest BCUT2D eigenvalue weighted by molar-refractivity contribution is -0.117. The van der Waals surface area contributed by atoms with Crippen molar-refractivity contribution in [1.82, 2.24) is 20.4 Å². The van der Waals surface area contributed by atoms with Crippen molar-refractivity contribution in [2.45, 2.75) is 18.9 Å². The maximum Gasteiger partial charge on any atom is 0.272 e. The molecule has 144 valence electrons. The van der Waals surface area contributed by atoms with Gasteiger partial charge in [0.15, 0.2) is 5.69 Å². The molecule has 7 heteroatoms. The number of anilines is 1. The van der Waals surface area contributed by atoms with Gasteiger partial charge in [0, 0.05) is 30.2 Å². The highest BCUT2D eigenvalue weighted by Gasteiger charge is 2.24. The quantitative estimate of drug-likeness (QED) is 0.637. The number of likely N-dealkylation sites (tertiary alicyclic amines) is 1. The monoisotopic (exact) mass is 377 g/mol. The summed E-state index contributed by atoms with van der Waals surface area (Å²) >= 11 is 0. The van der Waals surface area contributed by atoms with Gasteiger partial charge in [-0.25, -0.2) is 0 Å². The molecule has 1 saturated heterocycles. The van der Waals surface area contributed by atoms with Crippen molar-refractivity contribution in [3.8, 4) is 0 Å². The summed E-state index contributed by atoms with van der Waals surface area (Å²) in [5.74, 6) is -0.172. The smallest absolute Gasteiger partial charge is 0.272 e. The maximum absolute atomic E-state index is 12.6. The number of nitrogens with zero attached hydrogens (tertiary/aromatic N) is 2. The lowest BCUT2D eigenvalue weighted by Crippen LogP contribution is -2.46. The number of carbonyl (C=O) groups excluding carboxylic acids is 2. The van der Waals surface area contributed by atoms with Crippen molar-refractivity contribution in [2.24, 2.45) is 0 Å². The predicted molar refractivity (Wildman–Crippen MR) is 108 cm³/mol. The topological polar surface area (TPSA) is 90.1 Å². The highest BCUT2D eigenvalue weighted by atomic mass is 16.2. The highest BCUT2D eigenvalue weighted by Crippen LogP contribution is 2.16. The van der Waals surface area contributed by atoms with E-state index in [9.17, 15) is 9.59 Å². The van der Waals surface area contributed by atoms with Crippen LogP contribution in [-0.4, -0.2) is 52.6 Å². The van der Waals surface area contributed by atoms with Gasteiger partial charge in [-0.1, -0.05) is 36.4 Å². The Bertz CT molecular complexity index is 961. The second-order valence-corrected chi connectivity index (χ2v) is 7.06. The summed E-state index contributed by atoms with van der Waals surface area (Å²) in [4.78, 5) is 26.9. The molecule has 28 heavy (non-hydrogen) atoms. The molecule has 0 spiro atoms. The van der Waals surface area contributed by atoms with Crippen LogP contribution in [0.2, 0.25) is 0 Å². The summed E-state index contributed by atoms with van der Waals surface area (Å²) < 4.78 is 0. The molecule has 0 aliphatic carbocycles. The van der Waals surface area contributed by atoms with E-state index in [4.69, 9.17) is 0 Å². The van der Waals surface area contributed by atoms with Crippen LogP contribution in [0.25, 0.3) is 10.9 Å². The molecule has 1 aliphatic rings. The maximum atomic E-state index is 12.6. The number of rotatable bonds is 5. The zero-order valence-corrected chi connectivity index (χ0v) is 15.5. The van der Waals surface area contributed by atoms with Crippen LogP contribution in [0.3, 0.4) is 0 Å². The third-order valence-electron chi connectivity index (χ3n) is 5.03. The molecule has 0 saturated carbocycles. The number of benzene rings is 2. The molecule has 7 nitrogen and oxygen atoms in total. The van der Waals surface area contributed by atoms with Crippen molar-refractivity contribution < 1.29 is 9.59 Å². The Morgan fingerprint density at radius 1 is 1.04 bits per heavy atom. The number of piperidine rings is 1. The van der Waals surface area contributed by atoms with Crippen LogP contribution in [0, 0.1) is 0 Å². The summed E-state index contributed by atoms with van der Waals surface area (Å²) in [6.07, 6.45) is 1.62. The highest BCUT2D eigenvalue weighted by molar-refractivity contribution is 6.04. The molecule has 3 aromatic rings. The summed E-state index contributed by atoms with van der Waals surface area (Å²) in [7, 11) is 0. The summed E-state index contributed by atoms with van der Waals surface area (Å²) in [6, 6.07) is 17.1. The van der Waals surface area contributed by atoms with Crippen molar-refractivity contribution in [2.75, 3.05) is 25.0 Å². The van der Waals surface area contributed by atoms with Crippen molar-refractivity contribution in [1.29, 1.82) is 0 Å². The van der Waals surface area contributed by atoms with Gasteiger partial charge in [-0.15, -0.1) is 0 Å². The molecule has 2 heterocycles. The van der Waals surface area contributed by atoms with E-state index in [0.29, 0.717) is 12.2 Å². The largest absolute Gasteiger partial charge is 0.348 e. The number of aromatic amines is 1. The van der Waals surface area contributed by atoms with Crippen molar-refractivity contribution in [3.05, 3.63) is 60.3 Å². The van der Waals surface area contributed by atoms with Crippen LogP contribution in [0.15, 0.2) is 54.6 Å². The fourth-order valence-electron chi connectivity index (χ4n) is 3.55. The van der Waals surface area contributed by atoms with Crippen LogP contribution in [-0.2, 0) is 4.79 Å². The van der Waals surface area contributed by atoms with Gasteiger partial charge >= 0.3 is 0 Å². The SMILES string of the molecule is O=C(CN1CCC(NC(=O)c2n[nH]c3ccccc23)CC1)Nc1ccccc1. The first-order chi connectivity index (χ1) is 13.7. The van der Waals surface area contributed by atoms with Crippen molar-refractivity contribution >= 4 is 28.4 Å². The first-order valence-corrected chi connectivity index (χ1v) is 9.50. The third-order valence-corrected chi connectivity index (χ3v) is 5.03. The minimum atomic E-state index is -0.155. The van der Waals surface area contributed by atoms with E-state index in [0.717, 1.165) is 42.5 Å². The van der Waals surface area contributed by atoms with E-state index in [-0.39, 0.29) is 17.9 Å². The predicted octanol–water partition coefficient (Wildman–Crippen LogP) is 2.40. The van der Waals surface area contributed by atoms with E-state index >= 15 is 0 Å². The minimum Gasteiger partial charge on any atom is -0.348 e. The summed E-state index contributed by atoms with van der Waals surface area (Å²) in [5, 5.41) is 13.9. The van der Waals surface area contributed by atoms with E-state index in [1.165, 1.54) is 0 Å². The molecule has 1 fully saturated rings. The molecule has 3 N–H and O–H groups in total. The molecule has 0 radical (unpaired) electrons. The fourth-order valence-corrected chi connectivity index (χ4v) is 3.55. The van der Waals surface area contributed by atoms with Gasteiger partial charge in [0.25, 0.3) is 5.91 Å². The van der Waals surface area contributed by atoms with E-state index < -0.39 is 0 Å². The number of hydrogen-bond donors (Lipinski definition) is 3. The second-order valence-electron chi connectivity index (χ2n) is 7.06. The average molecular weight is 377 g/mol. The number of carbonyl (C=O) groups is 2. The number of aromatic nitrogens is 2. The van der Waals surface area contributed by atoms with Gasteiger partial charge in [0.1, 0.15) is 0 Å². The molecule has 1 aromatic heterocycles. The molecule has 4 rings (SSSR count). The van der Waals surface area contributed by atoms with Crippen LogP contribution in [0.1, 0.15) is 23.3 Å². The number of H-pyrrole nitrogens is 1. The van der Waals surface area contributed by atoms with E-state index in [1.807, 2.05) is 54.6 Å². The Balaban J connectivity index is 1.26. The molecule has 0 unspecified atom stereocenters. The number of nitrogens with one attached hydrogen (secondary N) is 3. The van der Waals surface area contributed by atoms with Crippen LogP contribution in [0.5, 0.6) is 0 Å². The number of hydrogen-bond acceptors (Lipinski definition) is 4. The van der Waals surface area contributed by atoms with E-state index in [2.05, 4.69) is 25.7 Å². The van der Waals surface area contributed by atoms with Gasteiger partial charge in [-0.05, 0) is 31.0 Å². The normalized spacial score (nSPS) is 15.4. The van der Waals surface area contributed by atoms with E-state index in [1.54, 1.807) is 0 Å². The first-order valence-electron chi connectivity index (χ1n) is 9.50. The lowest BCUT2D eigenvalue weighted by atomic mass is 10.0. The van der Waals surface area contributed by atoms with Crippen LogP contribution >= 0.6 is 0 Å². The summed E-state index contributed by atoms with van der Waals surface area (Å²) in [6.45, 7) is 1.91. The molecule has 0 bridgehead atoms. The van der Waals surface area contributed by atoms with Gasteiger partial charge in [0.2, 0.25) is 5.91 Å². The van der Waals surface area contributed by atoms with Gasteiger partial charge in [-0.2, -0.15) is 5.10 Å². The fraction of sp³-hybridized carbons (Fsp3) is 0.286. The standard InChI is InChI=1S/C21H23N5O2/c27-19(22-15-6-2-1-3-7-15)14-26-12-10-16(11-13-26)23-21(28)20-17-8-4-5-9-18(17)24-25-20/h1-9,16H,10-14H2,(H,22,27)(H,23,28)(H,24,25). The Morgan fingerprint density at radius 3 is 2.54 bits per heavy atom. The second kappa shape index (κ2) is 8.22. The average Bonchev–Trinajstić information content (AvgIpc) is 3.14. The van der Waals surface area contributed by atoms with Crippen LogP contribution < -0.4 is 10.6 Å². The van der Waals surface area contributed by atoms with Crippen molar-refractivity contribution in [3.63, 3.8) is 0 Å². The lowest BCUT2D eigenvalue weighted by Gasteiger charge is -2.31. The molecular weight excluding hydrogens is 354 g/mol. The number of para-hydroxylation sites is 2. The summed E-state index contributed by atoms with van der Waals surface area (Å²) in [5.41, 5.74) is 2.09. The molecule has 2 aromatic carbocycles. The molecule has 0 atom stereocenters. The van der Waals surface area contributed by atoms with Gasteiger partial charge in [-0.3, -0.25) is 19.6 Å². The van der Waals surface area contributed by atoms with Crippen LogP contribution in [0.4, 0.5) is 5.69 Å². The first kappa shape index (κ1) is 18.2. The zero-order chi connectivity index (χ0) is 19.3. The molecular formula is C21H23N5O2. The Morgan fingerprint density at radius 2 is 1.75 bits per heavy atom. The van der Waals surface area contributed by atoms with Gasteiger partial charge < -0.3 is 10.6 Å². The number of amides is 2. The molecule has 1 aliphatic heterocycles. The third kappa shape index (κ3) is 4.20. The Kier molecular flexibility index (Phi) is 5.34. The molecule has 2 amide bonds. The van der Waals surface area contributed by atoms with Gasteiger partial charge in [0.05, 0.1) is 12.1 Å².